The van der Waals surface area contributed by atoms with Crippen LogP contribution in [0.4, 0.5) is 0 Å². The van der Waals surface area contributed by atoms with Gasteiger partial charge in [-0.3, -0.25) is 4.79 Å². The molecular weight excluding hydrogens is 236 g/mol. The number of nitrogens with one attached hydrogen (secondary N) is 1. The molecule has 0 bridgehead atoms. The van der Waals surface area contributed by atoms with E-state index in [0.29, 0.717) is 5.52 Å². The number of carboxylic acids is 1. The molecule has 0 unspecified atom stereocenters. The fourth-order valence-electron chi connectivity index (χ4n) is 1.63. The minimum atomic E-state index is -1.13. The molecule has 6 heteroatoms. The summed E-state index contributed by atoms with van der Waals surface area (Å²) >= 11 is 0. The van der Waals surface area contributed by atoms with Gasteiger partial charge in [0, 0.05) is 5.57 Å². The van der Waals surface area contributed by atoms with Crippen LogP contribution in [0.3, 0.4) is 0 Å². The number of rotatable bonds is 2. The summed E-state index contributed by atoms with van der Waals surface area (Å²) in [6, 6.07) is 4.08. The molecule has 0 aliphatic heterocycles. The van der Waals surface area contributed by atoms with Gasteiger partial charge < -0.3 is 10.1 Å². The second kappa shape index (κ2) is 3.99. The molecule has 0 spiro atoms. The number of nitrogens with zero attached hydrogens (tertiary/aromatic N) is 1. The number of hydrogen-bond donors (Lipinski definition) is 2. The maximum absolute atomic E-state index is 11.8. The van der Waals surface area contributed by atoms with Gasteiger partial charge in [0.25, 0.3) is 5.91 Å². The highest BCUT2D eigenvalue weighted by molar-refractivity contribution is 6.01. The van der Waals surface area contributed by atoms with Crippen molar-refractivity contribution >= 4 is 22.9 Å². The summed E-state index contributed by atoms with van der Waals surface area (Å²) in [5.74, 6) is -1.69. The van der Waals surface area contributed by atoms with Crippen LogP contribution in [-0.4, -0.2) is 26.5 Å². The lowest BCUT2D eigenvalue weighted by molar-refractivity contribution is 0.0696. The molecule has 6 nitrogen and oxygen atoms in total. The van der Waals surface area contributed by atoms with Crippen LogP contribution in [-0.2, 0) is 0 Å². The SMILES string of the molecule is C=C(C)C(=O)n1c(=O)[nH]c2ccc(C(=O)O)cc21. The van der Waals surface area contributed by atoms with Crippen molar-refractivity contribution in [1.29, 1.82) is 0 Å². The Kier molecular flexibility index (Phi) is 2.63. The Balaban J connectivity index is 2.80. The van der Waals surface area contributed by atoms with Gasteiger partial charge in [0.05, 0.1) is 16.6 Å². The van der Waals surface area contributed by atoms with E-state index >= 15 is 0 Å². The lowest BCUT2D eigenvalue weighted by Gasteiger charge is -2.01. The summed E-state index contributed by atoms with van der Waals surface area (Å²) in [6.45, 7) is 4.96. The Hall–Kier alpha value is -2.63. The van der Waals surface area contributed by atoms with Crippen LogP contribution in [0.5, 0.6) is 0 Å². The van der Waals surface area contributed by atoms with E-state index in [0.717, 1.165) is 4.57 Å². The predicted octanol–water partition coefficient (Wildman–Crippen LogP) is 1.24. The van der Waals surface area contributed by atoms with Gasteiger partial charge in [-0.1, -0.05) is 6.58 Å². The van der Waals surface area contributed by atoms with Gasteiger partial charge in [-0.15, -0.1) is 0 Å². The first-order valence-electron chi connectivity index (χ1n) is 5.10. The highest BCUT2D eigenvalue weighted by Crippen LogP contribution is 2.14. The maximum atomic E-state index is 11.8. The van der Waals surface area contributed by atoms with E-state index in [-0.39, 0.29) is 16.7 Å². The smallest absolute Gasteiger partial charge is 0.335 e. The number of fused-ring (bicyclic) bond motifs is 1. The molecule has 0 radical (unpaired) electrons. The molecular formula is C12H10N2O4. The zero-order valence-corrected chi connectivity index (χ0v) is 9.56. The number of imidazole rings is 1. The number of H-pyrrole nitrogens is 1. The molecule has 0 aliphatic carbocycles. The molecule has 1 heterocycles. The van der Waals surface area contributed by atoms with E-state index in [2.05, 4.69) is 11.6 Å². The third-order valence-corrected chi connectivity index (χ3v) is 2.50. The van der Waals surface area contributed by atoms with Crippen molar-refractivity contribution < 1.29 is 14.7 Å². The molecule has 0 atom stereocenters. The quantitative estimate of drug-likeness (QED) is 0.780. The van der Waals surface area contributed by atoms with Crippen molar-refractivity contribution in [3.8, 4) is 0 Å². The predicted molar refractivity (Wildman–Crippen MR) is 65.0 cm³/mol. The fraction of sp³-hybridized carbons (Fsp3) is 0.0833. The lowest BCUT2D eigenvalue weighted by atomic mass is 10.2. The van der Waals surface area contributed by atoms with Crippen molar-refractivity contribution in [2.45, 2.75) is 6.92 Å². The highest BCUT2D eigenvalue weighted by Gasteiger charge is 2.15. The molecule has 92 valence electrons. The topological polar surface area (TPSA) is 92.2 Å². The van der Waals surface area contributed by atoms with Crippen molar-refractivity contribution in [3.05, 3.63) is 46.4 Å². The van der Waals surface area contributed by atoms with Gasteiger partial charge >= 0.3 is 11.7 Å². The van der Waals surface area contributed by atoms with Gasteiger partial charge in [-0.25, -0.2) is 14.2 Å². The molecule has 0 aliphatic rings. The Morgan fingerprint density at radius 1 is 1.39 bits per heavy atom. The summed E-state index contributed by atoms with van der Waals surface area (Å²) in [4.78, 5) is 36.8. The minimum absolute atomic E-state index is 0.00441. The zero-order chi connectivity index (χ0) is 13.4. The van der Waals surface area contributed by atoms with E-state index < -0.39 is 17.6 Å². The molecule has 0 amide bonds. The Bertz CT molecular complexity index is 736. The highest BCUT2D eigenvalue weighted by atomic mass is 16.4. The number of hydrogen-bond acceptors (Lipinski definition) is 3. The first-order chi connectivity index (χ1) is 8.41. The van der Waals surface area contributed by atoms with Crippen LogP contribution in [0.1, 0.15) is 22.1 Å². The normalized spacial score (nSPS) is 10.5. The number of aromatic carboxylic acids is 1. The summed E-state index contributed by atoms with van der Waals surface area (Å²) < 4.78 is 0.879. The van der Waals surface area contributed by atoms with Gasteiger partial charge in [-0.05, 0) is 25.1 Å². The number of carbonyl (C=O) groups is 2. The Morgan fingerprint density at radius 3 is 2.61 bits per heavy atom. The maximum Gasteiger partial charge on any atom is 0.335 e. The van der Waals surface area contributed by atoms with E-state index in [4.69, 9.17) is 5.11 Å². The molecule has 18 heavy (non-hydrogen) atoms. The first-order valence-corrected chi connectivity index (χ1v) is 5.10. The standard InChI is InChI=1S/C12H10N2O4/c1-6(2)10(15)14-9-5-7(11(16)17)3-4-8(9)13-12(14)18/h3-5H,1H2,2H3,(H,13,18)(H,16,17). The number of allylic oxidation sites excluding steroid dienone is 1. The average Bonchev–Trinajstić information content (AvgIpc) is 2.62. The molecule has 0 saturated heterocycles. The van der Waals surface area contributed by atoms with Crippen LogP contribution < -0.4 is 5.69 Å². The van der Waals surface area contributed by atoms with Crippen LogP contribution in [0.25, 0.3) is 11.0 Å². The number of benzene rings is 1. The third kappa shape index (κ3) is 1.73. The first kappa shape index (κ1) is 11.8. The van der Waals surface area contributed by atoms with Crippen LogP contribution in [0, 0.1) is 0 Å². The summed E-state index contributed by atoms with van der Waals surface area (Å²) in [5, 5.41) is 8.89. The van der Waals surface area contributed by atoms with E-state index in [1.54, 1.807) is 0 Å². The molecule has 2 aromatic rings. The third-order valence-electron chi connectivity index (χ3n) is 2.50. The minimum Gasteiger partial charge on any atom is -0.478 e. The molecule has 0 saturated carbocycles. The fourth-order valence-corrected chi connectivity index (χ4v) is 1.63. The van der Waals surface area contributed by atoms with Gasteiger partial charge in [0.15, 0.2) is 0 Å². The Morgan fingerprint density at radius 2 is 2.06 bits per heavy atom. The Labute approximate surface area is 101 Å². The van der Waals surface area contributed by atoms with Gasteiger partial charge in [0.2, 0.25) is 0 Å². The van der Waals surface area contributed by atoms with Crippen molar-refractivity contribution in [2.24, 2.45) is 0 Å². The molecule has 2 N–H and O–H groups in total. The van der Waals surface area contributed by atoms with Crippen molar-refractivity contribution in [2.75, 3.05) is 0 Å². The summed E-state index contributed by atoms with van der Waals surface area (Å²) in [6.07, 6.45) is 0. The van der Waals surface area contributed by atoms with Gasteiger partial charge in [0.1, 0.15) is 0 Å². The average molecular weight is 246 g/mol. The largest absolute Gasteiger partial charge is 0.478 e. The molecule has 1 aromatic heterocycles. The number of carbonyl (C=O) groups excluding carboxylic acids is 1. The molecule has 1 aromatic carbocycles. The van der Waals surface area contributed by atoms with Crippen LogP contribution >= 0.6 is 0 Å². The van der Waals surface area contributed by atoms with Crippen molar-refractivity contribution in [1.82, 2.24) is 9.55 Å². The lowest BCUT2D eigenvalue weighted by Crippen LogP contribution is -2.24. The van der Waals surface area contributed by atoms with E-state index in [1.165, 1.54) is 25.1 Å². The summed E-state index contributed by atoms with van der Waals surface area (Å²) in [5.41, 5.74) is 0.219. The van der Waals surface area contributed by atoms with Crippen molar-refractivity contribution in [3.63, 3.8) is 0 Å². The number of aromatic nitrogens is 2. The van der Waals surface area contributed by atoms with Crippen LogP contribution in [0.2, 0.25) is 0 Å². The van der Waals surface area contributed by atoms with Crippen LogP contribution in [0.15, 0.2) is 35.1 Å². The molecule has 2 rings (SSSR count). The van der Waals surface area contributed by atoms with E-state index in [1.807, 2.05) is 0 Å². The van der Waals surface area contributed by atoms with E-state index in [9.17, 15) is 14.4 Å². The summed E-state index contributed by atoms with van der Waals surface area (Å²) in [7, 11) is 0. The molecule has 0 fully saturated rings. The second-order valence-electron chi connectivity index (χ2n) is 3.89. The zero-order valence-electron chi connectivity index (χ0n) is 9.56. The second-order valence-corrected chi connectivity index (χ2v) is 3.89. The monoisotopic (exact) mass is 246 g/mol. The van der Waals surface area contributed by atoms with Gasteiger partial charge in [-0.2, -0.15) is 0 Å². The number of carboxylic acid groups (broad SMARTS) is 1. The number of aromatic amines is 1.